The molecule has 0 spiro atoms. The smallest absolute Gasteiger partial charge is 0.339 e. The van der Waals surface area contributed by atoms with E-state index in [2.05, 4.69) is 32.6 Å². The molecule has 2 aromatic carbocycles. The molecule has 1 aliphatic heterocycles. The second-order valence-electron chi connectivity index (χ2n) is 12.2. The van der Waals surface area contributed by atoms with Crippen LogP contribution in [0.15, 0.2) is 76.0 Å². The Hall–Kier alpha value is -2.90. The maximum absolute atomic E-state index is 13.6. The third-order valence-corrected chi connectivity index (χ3v) is 9.21. The van der Waals surface area contributed by atoms with Gasteiger partial charge in [0.1, 0.15) is 10.6 Å². The lowest BCUT2D eigenvalue weighted by Gasteiger charge is -2.47. The average molecular weight is 554 g/mol. The van der Waals surface area contributed by atoms with Crippen LogP contribution >= 0.6 is 11.6 Å². The van der Waals surface area contributed by atoms with Crippen LogP contribution < -0.4 is 4.18 Å². The fourth-order valence-electron chi connectivity index (χ4n) is 5.99. The number of rotatable bonds is 4. The van der Waals surface area contributed by atoms with E-state index in [9.17, 15) is 18.0 Å². The van der Waals surface area contributed by atoms with Crippen molar-refractivity contribution in [1.29, 1.82) is 0 Å². The molecule has 2 aromatic rings. The topological polar surface area (TPSA) is 80.8 Å². The first-order valence-corrected chi connectivity index (χ1v) is 14.5. The third-order valence-electron chi connectivity index (χ3n) is 7.70. The molecule has 0 aromatic heterocycles. The van der Waals surface area contributed by atoms with Crippen LogP contribution in [0.2, 0.25) is 5.02 Å². The Kier molecular flexibility index (Phi) is 6.39. The molecule has 0 bridgehead atoms. The highest BCUT2D eigenvalue weighted by Gasteiger charge is 2.48. The molecule has 0 amide bonds. The number of carbonyl (C=O) groups is 2. The van der Waals surface area contributed by atoms with Crippen LogP contribution in [0.25, 0.3) is 0 Å². The van der Waals surface area contributed by atoms with Crippen LogP contribution in [0.3, 0.4) is 0 Å². The van der Waals surface area contributed by atoms with Gasteiger partial charge >= 0.3 is 10.1 Å². The van der Waals surface area contributed by atoms with E-state index in [-0.39, 0.29) is 33.0 Å². The van der Waals surface area contributed by atoms with Crippen molar-refractivity contribution in [2.24, 2.45) is 10.8 Å². The van der Waals surface area contributed by atoms with E-state index in [1.807, 2.05) is 7.05 Å². The molecule has 5 rings (SSSR count). The minimum Gasteiger partial charge on any atom is -0.379 e. The summed E-state index contributed by atoms with van der Waals surface area (Å²) in [5, 5.41) is 0.426. The Balaban J connectivity index is 1.56. The lowest BCUT2D eigenvalue weighted by Crippen LogP contribution is -2.43. The minimum atomic E-state index is -4.05. The SMILES string of the molecule is CN1C2=C(C(=O)CC(C)(C)C2)C(c2ccc(OS(=O)(=O)c3ccc(Cl)cc3)cc2)C2=C1CC(C)(C)CC2=O. The summed E-state index contributed by atoms with van der Waals surface area (Å²) in [4.78, 5) is 29.3. The number of Topliss-reactive ketones (excluding diaryl/α,β-unsaturated/α-hetero) is 2. The first kappa shape index (κ1) is 26.7. The van der Waals surface area contributed by atoms with Crippen LogP contribution in [0.4, 0.5) is 0 Å². The quantitative estimate of drug-likeness (QED) is 0.406. The summed E-state index contributed by atoms with van der Waals surface area (Å²) >= 11 is 5.88. The number of allylic oxidation sites excluding steroid dienone is 4. The van der Waals surface area contributed by atoms with Crippen LogP contribution in [0, 0.1) is 10.8 Å². The van der Waals surface area contributed by atoms with Gasteiger partial charge in [-0.25, -0.2) is 0 Å². The lowest BCUT2D eigenvalue weighted by atomic mass is 9.64. The Labute approximate surface area is 229 Å². The summed E-state index contributed by atoms with van der Waals surface area (Å²) in [6, 6.07) is 12.4. The van der Waals surface area contributed by atoms with E-state index in [0.29, 0.717) is 29.0 Å². The predicted octanol–water partition coefficient (Wildman–Crippen LogP) is 6.42. The van der Waals surface area contributed by atoms with Crippen LogP contribution in [0.1, 0.15) is 64.9 Å². The summed E-state index contributed by atoms with van der Waals surface area (Å²) < 4.78 is 30.8. The van der Waals surface area contributed by atoms with Crippen molar-refractivity contribution in [2.45, 2.75) is 64.2 Å². The molecule has 0 fully saturated rings. The van der Waals surface area contributed by atoms with E-state index in [4.69, 9.17) is 15.8 Å². The van der Waals surface area contributed by atoms with Crippen molar-refractivity contribution in [3.05, 3.63) is 81.7 Å². The highest BCUT2D eigenvalue weighted by Crippen LogP contribution is 2.54. The molecular weight excluding hydrogens is 522 g/mol. The summed E-state index contributed by atoms with van der Waals surface area (Å²) in [7, 11) is -2.07. The summed E-state index contributed by atoms with van der Waals surface area (Å²) in [6.07, 6.45) is 2.32. The van der Waals surface area contributed by atoms with Crippen LogP contribution in [-0.2, 0) is 19.7 Å². The molecule has 0 N–H and O–H groups in total. The molecule has 8 heteroatoms. The maximum Gasteiger partial charge on any atom is 0.339 e. The highest BCUT2D eigenvalue weighted by molar-refractivity contribution is 7.87. The zero-order chi connectivity index (χ0) is 27.6. The largest absolute Gasteiger partial charge is 0.379 e. The molecule has 200 valence electrons. The monoisotopic (exact) mass is 553 g/mol. The van der Waals surface area contributed by atoms with E-state index < -0.39 is 16.0 Å². The zero-order valence-electron chi connectivity index (χ0n) is 22.3. The normalized spacial score (nSPS) is 21.4. The average Bonchev–Trinajstić information content (AvgIpc) is 2.80. The van der Waals surface area contributed by atoms with Crippen LogP contribution in [-0.4, -0.2) is 31.9 Å². The third kappa shape index (κ3) is 4.82. The van der Waals surface area contributed by atoms with Gasteiger partial charge < -0.3 is 9.08 Å². The minimum absolute atomic E-state index is 0.00303. The molecule has 1 heterocycles. The van der Waals surface area contributed by atoms with E-state index in [0.717, 1.165) is 29.8 Å². The van der Waals surface area contributed by atoms with Gasteiger partial charge in [0, 0.05) is 53.4 Å². The van der Waals surface area contributed by atoms with Gasteiger partial charge in [-0.15, -0.1) is 0 Å². The molecule has 0 radical (unpaired) electrons. The fraction of sp³-hybridized carbons (Fsp3) is 0.400. The zero-order valence-corrected chi connectivity index (χ0v) is 23.9. The first-order valence-electron chi connectivity index (χ1n) is 12.7. The van der Waals surface area contributed by atoms with Crippen LogP contribution in [0.5, 0.6) is 5.75 Å². The maximum atomic E-state index is 13.6. The second kappa shape index (κ2) is 9.09. The highest BCUT2D eigenvalue weighted by atomic mass is 35.5. The van der Waals surface area contributed by atoms with Gasteiger partial charge in [-0.3, -0.25) is 9.59 Å². The summed E-state index contributed by atoms with van der Waals surface area (Å²) in [5.74, 6) is -0.219. The number of benzene rings is 2. The van der Waals surface area contributed by atoms with Crippen molar-refractivity contribution >= 4 is 33.3 Å². The molecule has 38 heavy (non-hydrogen) atoms. The Morgan fingerprint density at radius 2 is 1.26 bits per heavy atom. The van der Waals surface area contributed by atoms with Crippen molar-refractivity contribution in [3.63, 3.8) is 0 Å². The standard InChI is InChI=1S/C30H32ClNO5S/c1-29(2)14-22-27(24(33)16-29)26(28-23(32(22)5)15-30(3,4)17-25(28)34)18-6-10-20(11-7-18)37-38(35,36)21-12-8-19(31)9-13-21/h6-13,26H,14-17H2,1-5H3. The summed E-state index contributed by atoms with van der Waals surface area (Å²) in [6.45, 7) is 8.41. The molecular formula is C30H32ClNO5S. The number of ketones is 2. The number of hydrogen-bond acceptors (Lipinski definition) is 6. The van der Waals surface area contributed by atoms with Crippen molar-refractivity contribution in [1.82, 2.24) is 4.90 Å². The van der Waals surface area contributed by atoms with Crippen molar-refractivity contribution < 1.29 is 22.2 Å². The molecule has 0 saturated carbocycles. The van der Waals surface area contributed by atoms with Gasteiger partial charge in [-0.2, -0.15) is 8.42 Å². The molecule has 6 nitrogen and oxygen atoms in total. The van der Waals surface area contributed by atoms with Gasteiger partial charge in [0.2, 0.25) is 0 Å². The number of nitrogens with zero attached hydrogens (tertiary/aromatic N) is 1. The van der Waals surface area contributed by atoms with E-state index in [1.54, 1.807) is 24.3 Å². The van der Waals surface area contributed by atoms with Gasteiger partial charge in [0.15, 0.2) is 11.6 Å². The fourth-order valence-corrected chi connectivity index (χ4v) is 7.05. The molecule has 0 unspecified atom stereocenters. The molecule has 2 aliphatic carbocycles. The van der Waals surface area contributed by atoms with Crippen molar-refractivity contribution in [2.75, 3.05) is 7.05 Å². The van der Waals surface area contributed by atoms with E-state index >= 15 is 0 Å². The molecule has 3 aliphatic rings. The van der Waals surface area contributed by atoms with E-state index in [1.165, 1.54) is 24.3 Å². The number of hydrogen-bond donors (Lipinski definition) is 0. The first-order chi connectivity index (χ1) is 17.7. The van der Waals surface area contributed by atoms with Gasteiger partial charge in [-0.1, -0.05) is 51.4 Å². The Morgan fingerprint density at radius 1 is 0.789 bits per heavy atom. The van der Waals surface area contributed by atoms with Gasteiger partial charge in [0.25, 0.3) is 0 Å². The number of halogens is 1. The van der Waals surface area contributed by atoms with Gasteiger partial charge in [-0.05, 0) is 65.6 Å². The predicted molar refractivity (Wildman–Crippen MR) is 146 cm³/mol. The second-order valence-corrected chi connectivity index (χ2v) is 14.1. The summed E-state index contributed by atoms with van der Waals surface area (Å²) in [5.41, 5.74) is 3.75. The Morgan fingerprint density at radius 3 is 1.74 bits per heavy atom. The lowest BCUT2D eigenvalue weighted by molar-refractivity contribution is -0.119. The van der Waals surface area contributed by atoms with Gasteiger partial charge in [0.05, 0.1) is 0 Å². The van der Waals surface area contributed by atoms with Crippen molar-refractivity contribution in [3.8, 4) is 5.75 Å². The Bertz CT molecular complexity index is 1440. The molecule has 0 saturated heterocycles. The number of carbonyl (C=O) groups excluding carboxylic acids is 2. The molecule has 0 atom stereocenters.